The van der Waals surface area contributed by atoms with Gasteiger partial charge in [0.2, 0.25) is 0 Å². The lowest BCUT2D eigenvalue weighted by atomic mass is 10.2. The van der Waals surface area contributed by atoms with Gasteiger partial charge in [-0.2, -0.15) is 5.10 Å². The van der Waals surface area contributed by atoms with Gasteiger partial charge in [0.15, 0.2) is 10.2 Å². The summed E-state index contributed by atoms with van der Waals surface area (Å²) in [5, 5.41) is 5.35. The molecule has 1 amide bonds. The van der Waals surface area contributed by atoms with E-state index in [9.17, 15) is 4.79 Å². The van der Waals surface area contributed by atoms with Crippen molar-refractivity contribution >= 4 is 34.9 Å². The Kier molecular flexibility index (Phi) is 4.53. The maximum absolute atomic E-state index is 11.9. The summed E-state index contributed by atoms with van der Waals surface area (Å²) in [6, 6.07) is 20.3. The summed E-state index contributed by atoms with van der Waals surface area (Å²) in [6.45, 7) is 0. The Hall–Kier alpha value is -3.32. The molecule has 0 saturated carbocycles. The van der Waals surface area contributed by atoms with Crippen LogP contribution in [0.25, 0.3) is 11.0 Å². The normalized spacial score (nSPS) is 11.2. The van der Waals surface area contributed by atoms with Gasteiger partial charge in [0.1, 0.15) is 5.76 Å². The van der Waals surface area contributed by atoms with Crippen LogP contribution in [0.2, 0.25) is 0 Å². The SMILES string of the molecule is O=C(N/N=C\c1ccc(Sc2nc3ccccc3[nH]2)o1)c1ccccc1. The number of para-hydroxylation sites is 2. The van der Waals surface area contributed by atoms with Crippen LogP contribution in [-0.4, -0.2) is 22.1 Å². The van der Waals surface area contributed by atoms with E-state index >= 15 is 0 Å². The molecule has 2 aromatic heterocycles. The van der Waals surface area contributed by atoms with Crippen LogP contribution in [0.15, 0.2) is 86.5 Å². The van der Waals surface area contributed by atoms with Crippen molar-refractivity contribution in [3.05, 3.63) is 78.1 Å². The fourth-order valence-electron chi connectivity index (χ4n) is 2.34. The van der Waals surface area contributed by atoms with Crippen molar-refractivity contribution in [2.45, 2.75) is 10.2 Å². The Balaban J connectivity index is 1.39. The summed E-state index contributed by atoms with van der Waals surface area (Å²) in [5.41, 5.74) is 4.90. The molecule has 7 heteroatoms. The minimum atomic E-state index is -0.273. The lowest BCUT2D eigenvalue weighted by Crippen LogP contribution is -2.17. The Bertz CT molecular complexity index is 1040. The Labute approximate surface area is 153 Å². The van der Waals surface area contributed by atoms with Crippen molar-refractivity contribution in [1.82, 2.24) is 15.4 Å². The van der Waals surface area contributed by atoms with Gasteiger partial charge in [0.25, 0.3) is 5.91 Å². The van der Waals surface area contributed by atoms with Crippen LogP contribution in [-0.2, 0) is 0 Å². The standard InChI is InChI=1S/C19H14N4O2S/c24-18(13-6-2-1-3-7-13)23-20-12-14-10-11-17(25-14)26-19-21-15-8-4-5-9-16(15)22-19/h1-12H,(H,21,22)(H,23,24)/b20-12-. The van der Waals surface area contributed by atoms with Gasteiger partial charge < -0.3 is 9.40 Å². The highest BCUT2D eigenvalue weighted by Gasteiger charge is 2.08. The predicted octanol–water partition coefficient (Wildman–Crippen LogP) is 4.07. The molecule has 0 saturated heterocycles. The molecule has 4 aromatic rings. The fraction of sp³-hybridized carbons (Fsp3) is 0. The molecular formula is C19H14N4O2S. The zero-order valence-corrected chi connectivity index (χ0v) is 14.4. The van der Waals surface area contributed by atoms with Gasteiger partial charge in [-0.1, -0.05) is 30.3 Å². The summed E-state index contributed by atoms with van der Waals surface area (Å²) >= 11 is 1.39. The van der Waals surface area contributed by atoms with Crippen molar-refractivity contribution in [2.24, 2.45) is 5.10 Å². The monoisotopic (exact) mass is 362 g/mol. The van der Waals surface area contributed by atoms with Gasteiger partial charge in [-0.15, -0.1) is 0 Å². The van der Waals surface area contributed by atoms with E-state index in [1.54, 1.807) is 30.3 Å². The number of aromatic amines is 1. The first-order chi connectivity index (χ1) is 12.8. The molecule has 0 aliphatic heterocycles. The van der Waals surface area contributed by atoms with E-state index in [-0.39, 0.29) is 5.91 Å². The molecule has 128 valence electrons. The summed E-state index contributed by atoms with van der Waals surface area (Å²) in [6.07, 6.45) is 1.46. The third-order valence-corrected chi connectivity index (χ3v) is 4.37. The lowest BCUT2D eigenvalue weighted by molar-refractivity contribution is 0.0955. The number of amides is 1. The van der Waals surface area contributed by atoms with Gasteiger partial charge in [0.05, 0.1) is 17.2 Å². The zero-order chi connectivity index (χ0) is 17.8. The number of carbonyl (C=O) groups is 1. The molecule has 2 N–H and O–H groups in total. The van der Waals surface area contributed by atoms with Crippen LogP contribution in [0.3, 0.4) is 0 Å². The van der Waals surface area contributed by atoms with Crippen LogP contribution in [0, 0.1) is 0 Å². The number of nitrogens with zero attached hydrogens (tertiary/aromatic N) is 2. The summed E-state index contributed by atoms with van der Waals surface area (Å²) in [5.74, 6) is 0.266. The molecule has 0 radical (unpaired) electrons. The largest absolute Gasteiger partial charge is 0.448 e. The number of carbonyl (C=O) groups excluding carboxylic acids is 1. The van der Waals surface area contributed by atoms with E-state index in [4.69, 9.17) is 4.42 Å². The van der Waals surface area contributed by atoms with Crippen LogP contribution in [0.4, 0.5) is 0 Å². The minimum Gasteiger partial charge on any atom is -0.448 e. The Morgan fingerprint density at radius 1 is 1.08 bits per heavy atom. The molecule has 0 unspecified atom stereocenters. The first-order valence-corrected chi connectivity index (χ1v) is 8.70. The van der Waals surface area contributed by atoms with Crippen molar-refractivity contribution < 1.29 is 9.21 Å². The highest BCUT2D eigenvalue weighted by atomic mass is 32.2. The van der Waals surface area contributed by atoms with E-state index in [0.717, 1.165) is 16.2 Å². The van der Waals surface area contributed by atoms with Crippen LogP contribution >= 0.6 is 11.8 Å². The number of fused-ring (bicyclic) bond motifs is 1. The summed E-state index contributed by atoms with van der Waals surface area (Å²) in [4.78, 5) is 19.6. The second-order valence-electron chi connectivity index (χ2n) is 5.38. The number of aromatic nitrogens is 2. The number of hydrazone groups is 1. The van der Waals surface area contributed by atoms with Gasteiger partial charge in [0, 0.05) is 5.56 Å². The average Bonchev–Trinajstić information content (AvgIpc) is 3.28. The van der Waals surface area contributed by atoms with Gasteiger partial charge in [-0.05, 0) is 48.2 Å². The van der Waals surface area contributed by atoms with Gasteiger partial charge in [-0.25, -0.2) is 10.4 Å². The Morgan fingerprint density at radius 3 is 2.73 bits per heavy atom. The molecule has 26 heavy (non-hydrogen) atoms. The molecule has 4 rings (SSSR count). The van der Waals surface area contributed by atoms with Crippen LogP contribution < -0.4 is 5.43 Å². The molecule has 0 atom stereocenters. The number of hydrogen-bond donors (Lipinski definition) is 2. The first kappa shape index (κ1) is 16.2. The molecule has 2 aromatic carbocycles. The number of H-pyrrole nitrogens is 1. The number of furan rings is 1. The van der Waals surface area contributed by atoms with Gasteiger partial charge in [-0.3, -0.25) is 4.79 Å². The molecule has 0 aliphatic rings. The van der Waals surface area contributed by atoms with Crippen LogP contribution in [0.1, 0.15) is 16.1 Å². The predicted molar refractivity (Wildman–Crippen MR) is 100 cm³/mol. The van der Waals surface area contributed by atoms with E-state index in [2.05, 4.69) is 20.5 Å². The van der Waals surface area contributed by atoms with Crippen molar-refractivity contribution in [2.75, 3.05) is 0 Å². The van der Waals surface area contributed by atoms with Gasteiger partial charge >= 0.3 is 0 Å². The van der Waals surface area contributed by atoms with Crippen molar-refractivity contribution in [3.63, 3.8) is 0 Å². The number of imidazole rings is 1. The number of benzene rings is 2. The fourth-order valence-corrected chi connectivity index (χ4v) is 3.11. The Morgan fingerprint density at radius 2 is 1.88 bits per heavy atom. The maximum Gasteiger partial charge on any atom is 0.271 e. The van der Waals surface area contributed by atoms with Crippen molar-refractivity contribution in [1.29, 1.82) is 0 Å². The quantitative estimate of drug-likeness (QED) is 0.414. The summed E-state index contributed by atoms with van der Waals surface area (Å²) < 4.78 is 5.67. The lowest BCUT2D eigenvalue weighted by Gasteiger charge is -1.97. The van der Waals surface area contributed by atoms with E-state index < -0.39 is 0 Å². The third kappa shape index (κ3) is 3.68. The van der Waals surface area contributed by atoms with E-state index in [1.807, 2.05) is 36.4 Å². The molecule has 0 fully saturated rings. The van der Waals surface area contributed by atoms with E-state index in [1.165, 1.54) is 18.0 Å². The zero-order valence-electron chi connectivity index (χ0n) is 13.5. The maximum atomic E-state index is 11.9. The molecule has 0 spiro atoms. The topological polar surface area (TPSA) is 83.3 Å². The second-order valence-corrected chi connectivity index (χ2v) is 6.38. The smallest absolute Gasteiger partial charge is 0.271 e. The van der Waals surface area contributed by atoms with E-state index in [0.29, 0.717) is 16.4 Å². The minimum absolute atomic E-state index is 0.273. The van der Waals surface area contributed by atoms with Crippen molar-refractivity contribution in [3.8, 4) is 0 Å². The molecule has 0 aliphatic carbocycles. The highest BCUT2D eigenvalue weighted by Crippen LogP contribution is 2.28. The summed E-state index contributed by atoms with van der Waals surface area (Å²) in [7, 11) is 0. The molecule has 0 bridgehead atoms. The number of hydrogen-bond acceptors (Lipinski definition) is 5. The number of rotatable bonds is 5. The second kappa shape index (κ2) is 7.28. The number of nitrogens with one attached hydrogen (secondary N) is 2. The van der Waals surface area contributed by atoms with Crippen LogP contribution in [0.5, 0.6) is 0 Å². The average molecular weight is 362 g/mol. The molecular weight excluding hydrogens is 348 g/mol. The first-order valence-electron chi connectivity index (χ1n) is 7.89. The molecule has 6 nitrogen and oxygen atoms in total. The molecule has 2 heterocycles. The highest BCUT2D eigenvalue weighted by molar-refractivity contribution is 7.99. The third-order valence-electron chi connectivity index (χ3n) is 3.56.